The Morgan fingerprint density at radius 1 is 1.05 bits per heavy atom. The van der Waals surface area contributed by atoms with E-state index in [2.05, 4.69) is 48.3 Å². The Labute approximate surface area is 130 Å². The fourth-order valence-electron chi connectivity index (χ4n) is 3.15. The Bertz CT molecular complexity index is 385. The molecular formula is C19H32N2. The molecule has 2 heteroatoms. The van der Waals surface area contributed by atoms with Crippen LogP contribution >= 0.6 is 0 Å². The van der Waals surface area contributed by atoms with Gasteiger partial charge in [-0.15, -0.1) is 0 Å². The van der Waals surface area contributed by atoms with Gasteiger partial charge in [-0.05, 0) is 63.4 Å². The van der Waals surface area contributed by atoms with E-state index < -0.39 is 0 Å². The van der Waals surface area contributed by atoms with Crippen molar-refractivity contribution in [2.45, 2.75) is 65.0 Å². The van der Waals surface area contributed by atoms with Crippen molar-refractivity contribution in [2.75, 3.05) is 19.6 Å². The van der Waals surface area contributed by atoms with Gasteiger partial charge in [-0.2, -0.15) is 0 Å². The van der Waals surface area contributed by atoms with Crippen molar-refractivity contribution in [1.82, 2.24) is 10.2 Å². The third kappa shape index (κ3) is 5.80. The van der Waals surface area contributed by atoms with Gasteiger partial charge < -0.3 is 5.32 Å². The molecule has 1 heterocycles. The summed E-state index contributed by atoms with van der Waals surface area (Å²) in [6, 6.07) is 10.0. The molecule has 1 atom stereocenters. The normalized spacial score (nSPS) is 20.4. The van der Waals surface area contributed by atoms with Crippen molar-refractivity contribution >= 4 is 0 Å². The average molecular weight is 288 g/mol. The van der Waals surface area contributed by atoms with Crippen LogP contribution in [-0.4, -0.2) is 30.6 Å². The maximum absolute atomic E-state index is 3.47. The Hall–Kier alpha value is -0.860. The predicted octanol–water partition coefficient (Wildman–Crippen LogP) is 3.99. The maximum atomic E-state index is 3.47. The minimum Gasteiger partial charge on any atom is -0.316 e. The van der Waals surface area contributed by atoms with E-state index in [1.807, 2.05) is 0 Å². The number of likely N-dealkylation sites (tertiary alicyclic amines) is 1. The summed E-state index contributed by atoms with van der Waals surface area (Å²) in [6.45, 7) is 9.21. The van der Waals surface area contributed by atoms with Gasteiger partial charge in [0.2, 0.25) is 0 Å². The quantitative estimate of drug-likeness (QED) is 0.763. The predicted molar refractivity (Wildman–Crippen MR) is 91.6 cm³/mol. The van der Waals surface area contributed by atoms with Gasteiger partial charge in [-0.25, -0.2) is 0 Å². The second-order valence-electron chi connectivity index (χ2n) is 6.49. The molecular weight excluding hydrogens is 256 g/mol. The van der Waals surface area contributed by atoms with Gasteiger partial charge in [0.25, 0.3) is 0 Å². The summed E-state index contributed by atoms with van der Waals surface area (Å²) in [7, 11) is 0. The summed E-state index contributed by atoms with van der Waals surface area (Å²) in [5, 5.41) is 3.47. The van der Waals surface area contributed by atoms with E-state index in [0.717, 1.165) is 32.1 Å². The SMILES string of the molecule is CCCNCCc1ccc(CN2CCCCCC2C)cc1. The first kappa shape index (κ1) is 16.5. The van der Waals surface area contributed by atoms with Gasteiger partial charge in [0.05, 0.1) is 0 Å². The summed E-state index contributed by atoms with van der Waals surface area (Å²) < 4.78 is 0. The molecule has 1 aliphatic rings. The largest absolute Gasteiger partial charge is 0.316 e. The molecule has 1 aliphatic heterocycles. The molecule has 1 aromatic carbocycles. The van der Waals surface area contributed by atoms with Gasteiger partial charge in [0, 0.05) is 12.6 Å². The van der Waals surface area contributed by atoms with Crippen LogP contribution in [0.2, 0.25) is 0 Å². The average Bonchev–Trinajstić information content (AvgIpc) is 2.70. The lowest BCUT2D eigenvalue weighted by Gasteiger charge is -2.27. The Morgan fingerprint density at radius 3 is 2.57 bits per heavy atom. The number of benzene rings is 1. The van der Waals surface area contributed by atoms with Crippen LogP contribution in [0.3, 0.4) is 0 Å². The first-order valence-electron chi connectivity index (χ1n) is 8.82. The van der Waals surface area contributed by atoms with Crippen molar-refractivity contribution in [3.8, 4) is 0 Å². The lowest BCUT2D eigenvalue weighted by molar-refractivity contribution is 0.205. The summed E-state index contributed by atoms with van der Waals surface area (Å²) in [5.74, 6) is 0. The maximum Gasteiger partial charge on any atom is 0.0236 e. The van der Waals surface area contributed by atoms with Crippen molar-refractivity contribution in [3.63, 3.8) is 0 Å². The topological polar surface area (TPSA) is 15.3 Å². The molecule has 21 heavy (non-hydrogen) atoms. The van der Waals surface area contributed by atoms with Gasteiger partial charge >= 0.3 is 0 Å². The van der Waals surface area contributed by atoms with E-state index in [4.69, 9.17) is 0 Å². The summed E-state index contributed by atoms with van der Waals surface area (Å²) in [4.78, 5) is 2.66. The molecule has 1 unspecified atom stereocenters. The van der Waals surface area contributed by atoms with Crippen LogP contribution in [-0.2, 0) is 13.0 Å². The van der Waals surface area contributed by atoms with Crippen molar-refractivity contribution in [2.24, 2.45) is 0 Å². The van der Waals surface area contributed by atoms with E-state index in [1.54, 1.807) is 0 Å². The molecule has 2 rings (SSSR count). The van der Waals surface area contributed by atoms with E-state index in [9.17, 15) is 0 Å². The van der Waals surface area contributed by atoms with Gasteiger partial charge in [0.1, 0.15) is 0 Å². The minimum absolute atomic E-state index is 0.741. The lowest BCUT2D eigenvalue weighted by atomic mass is 10.1. The third-order valence-electron chi connectivity index (χ3n) is 4.62. The highest BCUT2D eigenvalue weighted by molar-refractivity contribution is 5.22. The van der Waals surface area contributed by atoms with Crippen molar-refractivity contribution in [1.29, 1.82) is 0 Å². The molecule has 0 amide bonds. The zero-order valence-electron chi connectivity index (χ0n) is 13.9. The Balaban J connectivity index is 1.81. The molecule has 1 fully saturated rings. The fraction of sp³-hybridized carbons (Fsp3) is 0.684. The minimum atomic E-state index is 0.741. The fourth-order valence-corrected chi connectivity index (χ4v) is 3.15. The van der Waals surface area contributed by atoms with Crippen LogP contribution < -0.4 is 5.32 Å². The second kappa shape index (κ2) is 9.22. The van der Waals surface area contributed by atoms with Crippen molar-refractivity contribution < 1.29 is 0 Å². The van der Waals surface area contributed by atoms with Gasteiger partial charge in [0.15, 0.2) is 0 Å². The first-order chi connectivity index (χ1) is 10.3. The molecule has 2 nitrogen and oxygen atoms in total. The van der Waals surface area contributed by atoms with E-state index >= 15 is 0 Å². The number of hydrogen-bond donors (Lipinski definition) is 1. The van der Waals surface area contributed by atoms with Crippen LogP contribution in [0.1, 0.15) is 57.1 Å². The molecule has 0 spiro atoms. The molecule has 1 aromatic rings. The standard InChI is InChI=1S/C19H32N2/c1-3-13-20-14-12-18-8-10-19(11-9-18)16-21-15-6-4-5-7-17(21)2/h8-11,17,20H,3-7,12-16H2,1-2H3. The molecule has 0 aromatic heterocycles. The lowest BCUT2D eigenvalue weighted by Crippen LogP contribution is -2.31. The zero-order chi connectivity index (χ0) is 14.9. The molecule has 1 N–H and O–H groups in total. The molecule has 0 bridgehead atoms. The molecule has 0 saturated carbocycles. The first-order valence-corrected chi connectivity index (χ1v) is 8.82. The summed E-state index contributed by atoms with van der Waals surface area (Å²) >= 11 is 0. The summed E-state index contributed by atoms with van der Waals surface area (Å²) in [5.41, 5.74) is 2.92. The van der Waals surface area contributed by atoms with E-state index in [-0.39, 0.29) is 0 Å². The molecule has 1 saturated heterocycles. The molecule has 118 valence electrons. The van der Waals surface area contributed by atoms with E-state index in [1.165, 1.54) is 49.8 Å². The highest BCUT2D eigenvalue weighted by Gasteiger charge is 2.16. The van der Waals surface area contributed by atoms with E-state index in [0.29, 0.717) is 0 Å². The van der Waals surface area contributed by atoms with Gasteiger partial charge in [-0.3, -0.25) is 4.90 Å². The Morgan fingerprint density at radius 2 is 1.81 bits per heavy atom. The highest BCUT2D eigenvalue weighted by Crippen LogP contribution is 2.19. The van der Waals surface area contributed by atoms with Crippen LogP contribution in [0.4, 0.5) is 0 Å². The number of hydrogen-bond acceptors (Lipinski definition) is 2. The van der Waals surface area contributed by atoms with Crippen LogP contribution in [0.15, 0.2) is 24.3 Å². The number of nitrogens with zero attached hydrogens (tertiary/aromatic N) is 1. The van der Waals surface area contributed by atoms with Gasteiger partial charge in [-0.1, -0.05) is 44.0 Å². The van der Waals surface area contributed by atoms with Crippen LogP contribution in [0.5, 0.6) is 0 Å². The van der Waals surface area contributed by atoms with Crippen LogP contribution in [0, 0.1) is 0 Å². The molecule has 0 aliphatic carbocycles. The van der Waals surface area contributed by atoms with Crippen molar-refractivity contribution in [3.05, 3.63) is 35.4 Å². The second-order valence-corrected chi connectivity index (χ2v) is 6.49. The number of nitrogens with one attached hydrogen (secondary N) is 1. The monoisotopic (exact) mass is 288 g/mol. The zero-order valence-corrected chi connectivity index (χ0v) is 13.9. The van der Waals surface area contributed by atoms with Crippen LogP contribution in [0.25, 0.3) is 0 Å². The smallest absolute Gasteiger partial charge is 0.0236 e. The highest BCUT2D eigenvalue weighted by atomic mass is 15.1. The Kier molecular flexibility index (Phi) is 7.25. The third-order valence-corrected chi connectivity index (χ3v) is 4.62. The summed E-state index contributed by atoms with van der Waals surface area (Å²) in [6.07, 6.45) is 7.89. The molecule has 0 radical (unpaired) electrons. The number of rotatable bonds is 7.